The largest absolute Gasteiger partial charge is 0.322 e. The lowest BCUT2D eigenvalue weighted by Crippen LogP contribution is -2.52. The van der Waals surface area contributed by atoms with Gasteiger partial charge in [-0.1, -0.05) is 12.1 Å². The quantitative estimate of drug-likeness (QED) is 0.661. The molecule has 0 aliphatic carbocycles. The zero-order valence-corrected chi connectivity index (χ0v) is 16.5. The number of carbonyl (C=O) groups is 3. The molecule has 0 saturated carbocycles. The van der Waals surface area contributed by atoms with Gasteiger partial charge in [0.15, 0.2) is 0 Å². The van der Waals surface area contributed by atoms with E-state index >= 15 is 0 Å². The van der Waals surface area contributed by atoms with Crippen LogP contribution in [0.15, 0.2) is 18.2 Å². The van der Waals surface area contributed by atoms with Gasteiger partial charge in [0.2, 0.25) is 11.8 Å². The van der Waals surface area contributed by atoms with Crippen LogP contribution >= 0.6 is 0 Å². The van der Waals surface area contributed by atoms with Crippen molar-refractivity contribution in [3.05, 3.63) is 34.9 Å². The molecule has 4 rings (SSSR count). The Morgan fingerprint density at radius 3 is 2.75 bits per heavy atom. The van der Waals surface area contributed by atoms with Gasteiger partial charge in [0.05, 0.1) is 0 Å². The molecular weight excluding hydrogens is 356 g/mol. The van der Waals surface area contributed by atoms with E-state index < -0.39 is 6.04 Å². The number of piperidine rings is 1. The van der Waals surface area contributed by atoms with Crippen LogP contribution in [-0.4, -0.2) is 46.8 Å². The highest BCUT2D eigenvalue weighted by atomic mass is 16.2. The molecule has 3 aliphatic heterocycles. The van der Waals surface area contributed by atoms with E-state index in [1.54, 1.807) is 4.90 Å². The van der Waals surface area contributed by atoms with Crippen LogP contribution < -0.4 is 16.0 Å². The normalized spacial score (nSPS) is 26.5. The summed E-state index contributed by atoms with van der Waals surface area (Å²) in [5, 5.41) is 9.45. The van der Waals surface area contributed by atoms with Crippen molar-refractivity contribution in [3.63, 3.8) is 0 Å². The zero-order chi connectivity index (χ0) is 19.9. The fourth-order valence-corrected chi connectivity index (χ4v) is 4.49. The lowest BCUT2D eigenvalue weighted by Gasteiger charge is -2.29. The monoisotopic (exact) mass is 384 g/mol. The van der Waals surface area contributed by atoms with Gasteiger partial charge >= 0.3 is 0 Å². The molecule has 3 amide bonds. The van der Waals surface area contributed by atoms with Crippen molar-refractivity contribution in [2.45, 2.75) is 70.2 Å². The van der Waals surface area contributed by atoms with Crippen molar-refractivity contribution in [2.24, 2.45) is 0 Å². The molecule has 0 aromatic heterocycles. The summed E-state index contributed by atoms with van der Waals surface area (Å²) in [7, 11) is 0. The van der Waals surface area contributed by atoms with E-state index in [-0.39, 0.29) is 29.7 Å². The Bertz CT molecular complexity index is 820. The predicted octanol–water partition coefficient (Wildman–Crippen LogP) is 1.07. The molecule has 0 radical (unpaired) electrons. The van der Waals surface area contributed by atoms with Gasteiger partial charge in [-0.15, -0.1) is 0 Å². The van der Waals surface area contributed by atoms with E-state index in [1.807, 2.05) is 18.2 Å². The first-order chi connectivity index (χ1) is 13.3. The summed E-state index contributed by atoms with van der Waals surface area (Å²) in [6.45, 7) is 6.49. The third kappa shape index (κ3) is 3.82. The van der Waals surface area contributed by atoms with E-state index in [1.165, 1.54) is 12.8 Å². The highest BCUT2D eigenvalue weighted by Crippen LogP contribution is 2.28. The van der Waals surface area contributed by atoms with Crippen molar-refractivity contribution < 1.29 is 14.4 Å². The van der Waals surface area contributed by atoms with Crippen molar-refractivity contribution in [1.29, 1.82) is 0 Å². The van der Waals surface area contributed by atoms with E-state index in [0.29, 0.717) is 31.1 Å². The van der Waals surface area contributed by atoms with Crippen molar-refractivity contribution in [3.8, 4) is 0 Å². The second-order valence-corrected chi connectivity index (χ2v) is 8.79. The Morgan fingerprint density at radius 2 is 2.04 bits per heavy atom. The minimum Gasteiger partial charge on any atom is -0.322 e. The Balaban J connectivity index is 1.36. The van der Waals surface area contributed by atoms with Crippen LogP contribution in [0.4, 0.5) is 0 Å². The van der Waals surface area contributed by atoms with Gasteiger partial charge in [-0.2, -0.15) is 0 Å². The lowest BCUT2D eigenvalue weighted by molar-refractivity contribution is -0.136. The smallest absolute Gasteiger partial charge is 0.255 e. The molecule has 2 fully saturated rings. The van der Waals surface area contributed by atoms with Crippen LogP contribution in [0.25, 0.3) is 0 Å². The molecule has 0 spiro atoms. The standard InChI is InChI=1S/C21H28N4O3/c1-21(2)8-7-15(24-21)11-22-10-13-3-4-14-12-25(20(28)16(14)9-13)17-5-6-18(26)23-19(17)27/h3-4,9,15,17,22,24H,5-8,10-12H2,1-2H3,(H,23,26,27). The molecule has 1 aromatic rings. The summed E-state index contributed by atoms with van der Waals surface area (Å²) in [6.07, 6.45) is 3.02. The minimum absolute atomic E-state index is 0.120. The molecule has 3 heterocycles. The van der Waals surface area contributed by atoms with Gasteiger partial charge in [-0.3, -0.25) is 19.7 Å². The third-order valence-electron chi connectivity index (χ3n) is 6.03. The first kappa shape index (κ1) is 19.1. The first-order valence-corrected chi connectivity index (χ1v) is 10.1. The summed E-state index contributed by atoms with van der Waals surface area (Å²) in [4.78, 5) is 37.9. The Kier molecular flexibility index (Phi) is 4.97. The number of carbonyl (C=O) groups excluding carboxylic acids is 3. The van der Waals surface area contributed by atoms with Gasteiger partial charge in [0, 0.05) is 43.2 Å². The average Bonchev–Trinajstić information content (AvgIpc) is 3.15. The van der Waals surface area contributed by atoms with Crippen LogP contribution in [0.2, 0.25) is 0 Å². The fourth-order valence-electron chi connectivity index (χ4n) is 4.49. The van der Waals surface area contributed by atoms with Crippen LogP contribution in [0.5, 0.6) is 0 Å². The van der Waals surface area contributed by atoms with E-state index in [0.717, 1.165) is 17.7 Å². The molecule has 2 atom stereocenters. The van der Waals surface area contributed by atoms with Gasteiger partial charge in [-0.05, 0) is 50.3 Å². The Hall–Kier alpha value is -2.25. The van der Waals surface area contributed by atoms with Crippen molar-refractivity contribution >= 4 is 17.7 Å². The lowest BCUT2D eigenvalue weighted by atomic mass is 10.0. The maximum absolute atomic E-state index is 12.9. The minimum atomic E-state index is -0.559. The van der Waals surface area contributed by atoms with Crippen LogP contribution in [0.3, 0.4) is 0 Å². The number of benzene rings is 1. The fraction of sp³-hybridized carbons (Fsp3) is 0.571. The summed E-state index contributed by atoms with van der Waals surface area (Å²) in [5.74, 6) is -0.754. The molecule has 2 saturated heterocycles. The molecular formula is C21H28N4O3. The molecule has 7 nitrogen and oxygen atoms in total. The molecule has 150 valence electrons. The second-order valence-electron chi connectivity index (χ2n) is 8.79. The van der Waals surface area contributed by atoms with Crippen molar-refractivity contribution in [1.82, 2.24) is 20.9 Å². The van der Waals surface area contributed by atoms with E-state index in [4.69, 9.17) is 0 Å². The first-order valence-electron chi connectivity index (χ1n) is 10.1. The van der Waals surface area contributed by atoms with Crippen LogP contribution in [-0.2, 0) is 22.7 Å². The van der Waals surface area contributed by atoms with Crippen LogP contribution in [0.1, 0.15) is 61.0 Å². The Morgan fingerprint density at radius 1 is 1.21 bits per heavy atom. The maximum Gasteiger partial charge on any atom is 0.255 e. The summed E-state index contributed by atoms with van der Waals surface area (Å²) in [5.41, 5.74) is 2.89. The molecule has 1 aromatic carbocycles. The topological polar surface area (TPSA) is 90.5 Å². The highest BCUT2D eigenvalue weighted by Gasteiger charge is 2.39. The van der Waals surface area contributed by atoms with Gasteiger partial charge < -0.3 is 15.5 Å². The number of hydrogen-bond acceptors (Lipinski definition) is 5. The third-order valence-corrected chi connectivity index (χ3v) is 6.03. The van der Waals surface area contributed by atoms with Gasteiger partial charge in [0.1, 0.15) is 6.04 Å². The number of amides is 3. The average molecular weight is 384 g/mol. The van der Waals surface area contributed by atoms with Crippen LogP contribution in [0, 0.1) is 0 Å². The number of nitrogens with one attached hydrogen (secondary N) is 3. The van der Waals surface area contributed by atoms with E-state index in [2.05, 4.69) is 29.8 Å². The zero-order valence-electron chi connectivity index (χ0n) is 16.5. The summed E-state index contributed by atoms with van der Waals surface area (Å²) < 4.78 is 0. The van der Waals surface area contributed by atoms with Gasteiger partial charge in [-0.25, -0.2) is 0 Å². The maximum atomic E-state index is 12.9. The number of imide groups is 1. The molecule has 3 N–H and O–H groups in total. The summed E-state index contributed by atoms with van der Waals surface area (Å²) in [6, 6.07) is 5.87. The molecule has 0 bridgehead atoms. The number of hydrogen-bond donors (Lipinski definition) is 3. The number of fused-ring (bicyclic) bond motifs is 1. The van der Waals surface area contributed by atoms with Crippen molar-refractivity contribution in [2.75, 3.05) is 6.54 Å². The van der Waals surface area contributed by atoms with E-state index in [9.17, 15) is 14.4 Å². The SMILES string of the molecule is CC1(C)CCC(CNCc2ccc3c(c2)C(=O)N(C2CCC(=O)NC2=O)C3)N1. The molecule has 7 heteroatoms. The molecule has 3 aliphatic rings. The van der Waals surface area contributed by atoms with Gasteiger partial charge in [0.25, 0.3) is 5.91 Å². The molecule has 28 heavy (non-hydrogen) atoms. The highest BCUT2D eigenvalue weighted by molar-refractivity contribution is 6.05. The predicted molar refractivity (Wildman–Crippen MR) is 104 cm³/mol. The molecule has 2 unspecified atom stereocenters. The number of rotatable bonds is 5. The number of nitrogens with zero attached hydrogens (tertiary/aromatic N) is 1. The summed E-state index contributed by atoms with van der Waals surface area (Å²) >= 11 is 0. The Labute approximate surface area is 165 Å². The second kappa shape index (κ2) is 7.29.